The summed E-state index contributed by atoms with van der Waals surface area (Å²) in [6.07, 6.45) is 0. The molecule has 0 aliphatic carbocycles. The van der Waals surface area contributed by atoms with Crippen LogP contribution in [0.5, 0.6) is 5.75 Å². The molecule has 8 heteroatoms. The van der Waals surface area contributed by atoms with Crippen LogP contribution in [0.25, 0.3) is 0 Å². The summed E-state index contributed by atoms with van der Waals surface area (Å²) < 4.78 is 41.2. The third-order valence-corrected chi connectivity index (χ3v) is 4.46. The zero-order valence-electron chi connectivity index (χ0n) is 10.3. The average Bonchev–Trinajstić information content (AvgIpc) is 2.40. The quantitative estimate of drug-likeness (QED) is 0.737. The molecule has 0 aliphatic heterocycles. The lowest BCUT2D eigenvalue weighted by atomic mass is 10.2. The minimum absolute atomic E-state index is 0.0548. The van der Waals surface area contributed by atoms with Crippen molar-refractivity contribution < 1.29 is 17.5 Å². The van der Waals surface area contributed by atoms with Crippen LogP contribution in [-0.2, 0) is 15.7 Å². The molecule has 21 heavy (non-hydrogen) atoms. The molecule has 2 aromatic rings. The predicted molar refractivity (Wildman–Crippen MR) is 80.2 cm³/mol. The standard InChI is InChI=1S/C13H8Cl3FO3S/c14-9-1-3-12(17)8(5-9)7-20-13-4-2-10(6-11(13)15)21(16,18)19/h1-6H,7H2. The van der Waals surface area contributed by atoms with E-state index in [0.29, 0.717) is 5.02 Å². The summed E-state index contributed by atoms with van der Waals surface area (Å²) in [6.45, 7) is -0.0981. The fourth-order valence-corrected chi connectivity index (χ4v) is 2.83. The van der Waals surface area contributed by atoms with Crippen molar-refractivity contribution in [3.8, 4) is 5.75 Å². The van der Waals surface area contributed by atoms with Gasteiger partial charge >= 0.3 is 0 Å². The molecule has 0 heterocycles. The molecule has 112 valence electrons. The van der Waals surface area contributed by atoms with E-state index in [2.05, 4.69) is 0 Å². The molecule has 0 atom stereocenters. The second kappa shape index (κ2) is 6.40. The van der Waals surface area contributed by atoms with E-state index in [1.54, 1.807) is 0 Å². The Labute approximate surface area is 135 Å². The second-order valence-electron chi connectivity index (χ2n) is 4.05. The number of ether oxygens (including phenoxy) is 1. The first-order chi connectivity index (χ1) is 9.77. The van der Waals surface area contributed by atoms with Crippen LogP contribution < -0.4 is 4.74 Å². The number of benzene rings is 2. The Morgan fingerprint density at radius 2 is 1.81 bits per heavy atom. The van der Waals surface area contributed by atoms with Crippen LogP contribution in [0.15, 0.2) is 41.3 Å². The van der Waals surface area contributed by atoms with Crippen molar-refractivity contribution >= 4 is 42.9 Å². The maximum Gasteiger partial charge on any atom is 0.261 e. The second-order valence-corrected chi connectivity index (χ2v) is 7.46. The van der Waals surface area contributed by atoms with Gasteiger partial charge in [-0.15, -0.1) is 0 Å². The fraction of sp³-hybridized carbons (Fsp3) is 0.0769. The maximum atomic E-state index is 13.5. The molecule has 3 nitrogen and oxygen atoms in total. The monoisotopic (exact) mass is 368 g/mol. The summed E-state index contributed by atoms with van der Waals surface area (Å²) in [4.78, 5) is -0.143. The number of halogens is 4. The molecule has 0 amide bonds. The van der Waals surface area contributed by atoms with Gasteiger partial charge in [0.25, 0.3) is 9.05 Å². The van der Waals surface area contributed by atoms with Gasteiger partial charge in [-0.1, -0.05) is 23.2 Å². The summed E-state index contributed by atoms with van der Waals surface area (Å²) in [6, 6.07) is 7.84. The first-order valence-electron chi connectivity index (χ1n) is 5.58. The normalized spacial score (nSPS) is 11.4. The van der Waals surface area contributed by atoms with E-state index >= 15 is 0 Å². The highest BCUT2D eigenvalue weighted by Gasteiger charge is 2.13. The van der Waals surface area contributed by atoms with Crippen molar-refractivity contribution in [2.75, 3.05) is 0 Å². The van der Waals surface area contributed by atoms with Gasteiger partial charge in [-0.25, -0.2) is 12.8 Å². The van der Waals surface area contributed by atoms with Gasteiger partial charge in [0, 0.05) is 21.3 Å². The summed E-state index contributed by atoms with van der Waals surface area (Å²) in [5.41, 5.74) is 0.257. The van der Waals surface area contributed by atoms with Gasteiger partial charge in [0.2, 0.25) is 0 Å². The van der Waals surface area contributed by atoms with Crippen molar-refractivity contribution in [3.63, 3.8) is 0 Å². The average molecular weight is 370 g/mol. The molecule has 0 fully saturated rings. The molecule has 0 N–H and O–H groups in total. The molecule has 0 saturated heterocycles. The number of rotatable bonds is 4. The van der Waals surface area contributed by atoms with E-state index < -0.39 is 14.9 Å². The van der Waals surface area contributed by atoms with E-state index in [1.807, 2.05) is 0 Å². The molecule has 0 unspecified atom stereocenters. The minimum atomic E-state index is -3.87. The highest BCUT2D eigenvalue weighted by atomic mass is 35.7. The molecule has 0 bridgehead atoms. The summed E-state index contributed by atoms with van der Waals surface area (Å²) in [5, 5.41) is 0.434. The molecule has 0 spiro atoms. The van der Waals surface area contributed by atoms with Crippen LogP contribution in [0.1, 0.15) is 5.56 Å². The maximum absolute atomic E-state index is 13.5. The van der Waals surface area contributed by atoms with Crippen LogP contribution in [0.3, 0.4) is 0 Å². The number of hydrogen-bond acceptors (Lipinski definition) is 3. The van der Waals surface area contributed by atoms with Crippen molar-refractivity contribution in [3.05, 3.63) is 57.8 Å². The van der Waals surface area contributed by atoms with Gasteiger partial charge in [0.05, 0.1) is 9.92 Å². The van der Waals surface area contributed by atoms with Gasteiger partial charge in [-0.05, 0) is 36.4 Å². The van der Waals surface area contributed by atoms with Gasteiger partial charge in [-0.3, -0.25) is 0 Å². The Hall–Kier alpha value is -1.01. The molecule has 0 aliphatic rings. The summed E-state index contributed by atoms with van der Waals surface area (Å²) in [7, 11) is 1.34. The lowest BCUT2D eigenvalue weighted by Crippen LogP contribution is -1.99. The van der Waals surface area contributed by atoms with E-state index in [-0.39, 0.29) is 27.8 Å². The van der Waals surface area contributed by atoms with Gasteiger partial charge in [0.1, 0.15) is 18.2 Å². The Morgan fingerprint density at radius 1 is 1.10 bits per heavy atom. The lowest BCUT2D eigenvalue weighted by Gasteiger charge is -2.09. The van der Waals surface area contributed by atoms with Gasteiger partial charge < -0.3 is 4.74 Å². The zero-order chi connectivity index (χ0) is 15.6. The Kier molecular flexibility index (Phi) is 4.99. The van der Waals surface area contributed by atoms with Crippen LogP contribution in [0.2, 0.25) is 10.0 Å². The predicted octanol–water partition coefficient (Wildman–Crippen LogP) is 4.64. The first kappa shape index (κ1) is 16.4. The SMILES string of the molecule is O=S(=O)(Cl)c1ccc(OCc2cc(Cl)ccc2F)c(Cl)c1. The van der Waals surface area contributed by atoms with Gasteiger partial charge in [0.15, 0.2) is 0 Å². The molecule has 2 rings (SSSR count). The van der Waals surface area contributed by atoms with Crippen LogP contribution in [0, 0.1) is 5.82 Å². The van der Waals surface area contributed by atoms with Crippen LogP contribution in [-0.4, -0.2) is 8.42 Å². The van der Waals surface area contributed by atoms with E-state index in [4.69, 9.17) is 38.6 Å². The Bertz CT molecular complexity index is 778. The fourth-order valence-electron chi connectivity index (χ4n) is 1.56. The molecule has 0 aromatic heterocycles. The summed E-state index contributed by atoms with van der Waals surface area (Å²) >= 11 is 11.7. The highest BCUT2D eigenvalue weighted by Crippen LogP contribution is 2.29. The van der Waals surface area contributed by atoms with Gasteiger partial charge in [-0.2, -0.15) is 0 Å². The van der Waals surface area contributed by atoms with Crippen LogP contribution in [0.4, 0.5) is 4.39 Å². The van der Waals surface area contributed by atoms with E-state index in [0.717, 1.165) is 6.07 Å². The third-order valence-electron chi connectivity index (χ3n) is 2.58. The number of hydrogen-bond donors (Lipinski definition) is 0. The van der Waals surface area contributed by atoms with Crippen molar-refractivity contribution in [2.45, 2.75) is 11.5 Å². The lowest BCUT2D eigenvalue weighted by molar-refractivity contribution is 0.300. The highest BCUT2D eigenvalue weighted by molar-refractivity contribution is 8.13. The molecule has 2 aromatic carbocycles. The Balaban J connectivity index is 2.19. The molecule has 0 radical (unpaired) electrons. The molecule has 0 saturated carbocycles. The van der Waals surface area contributed by atoms with Crippen molar-refractivity contribution in [1.29, 1.82) is 0 Å². The topological polar surface area (TPSA) is 43.4 Å². The van der Waals surface area contributed by atoms with Crippen molar-refractivity contribution in [1.82, 2.24) is 0 Å². The molecular weight excluding hydrogens is 362 g/mol. The molecular formula is C13H8Cl3FO3S. The Morgan fingerprint density at radius 3 is 2.43 bits per heavy atom. The van der Waals surface area contributed by atoms with Crippen molar-refractivity contribution in [2.24, 2.45) is 0 Å². The van der Waals surface area contributed by atoms with Crippen LogP contribution >= 0.6 is 33.9 Å². The smallest absolute Gasteiger partial charge is 0.261 e. The summed E-state index contributed by atoms with van der Waals surface area (Å²) in [5.74, 6) is -0.254. The third kappa shape index (κ3) is 4.23. The zero-order valence-corrected chi connectivity index (χ0v) is 13.4. The largest absolute Gasteiger partial charge is 0.487 e. The van der Waals surface area contributed by atoms with E-state index in [1.165, 1.54) is 30.3 Å². The first-order valence-corrected chi connectivity index (χ1v) is 8.65. The minimum Gasteiger partial charge on any atom is -0.487 e. The van der Waals surface area contributed by atoms with E-state index in [9.17, 15) is 12.8 Å².